The van der Waals surface area contributed by atoms with Crippen molar-refractivity contribution >= 4 is 12.0 Å². The van der Waals surface area contributed by atoms with Gasteiger partial charge in [0.1, 0.15) is 0 Å². The number of nitrogens with one attached hydrogen (secondary N) is 1. The summed E-state index contributed by atoms with van der Waals surface area (Å²) < 4.78 is 0. The number of carboxylic acid groups (broad SMARTS) is 1. The van der Waals surface area contributed by atoms with Crippen molar-refractivity contribution in [2.45, 2.75) is 39.3 Å². The SMILES string of the molecule is CC(C)N(CC1CC1)C(=O)NCc1cccc(C(=O)O)c1. The van der Waals surface area contributed by atoms with Crippen LogP contribution in [0, 0.1) is 5.92 Å². The molecule has 2 rings (SSSR count). The lowest BCUT2D eigenvalue weighted by atomic mass is 10.1. The number of amides is 2. The van der Waals surface area contributed by atoms with Gasteiger partial charge in [-0.25, -0.2) is 9.59 Å². The Hall–Kier alpha value is -2.04. The molecule has 2 amide bonds. The molecule has 0 aliphatic heterocycles. The maximum atomic E-state index is 12.2. The molecule has 0 heterocycles. The van der Waals surface area contributed by atoms with Gasteiger partial charge in [-0.05, 0) is 50.3 Å². The molecular weight excluding hydrogens is 268 g/mol. The lowest BCUT2D eigenvalue weighted by Gasteiger charge is -2.27. The molecule has 1 aromatic carbocycles. The van der Waals surface area contributed by atoms with Crippen LogP contribution in [0.3, 0.4) is 0 Å². The summed E-state index contributed by atoms with van der Waals surface area (Å²) in [7, 11) is 0. The highest BCUT2D eigenvalue weighted by Gasteiger charge is 2.28. The monoisotopic (exact) mass is 290 g/mol. The summed E-state index contributed by atoms with van der Waals surface area (Å²) in [6.07, 6.45) is 2.41. The van der Waals surface area contributed by atoms with Crippen LogP contribution in [0.15, 0.2) is 24.3 Å². The van der Waals surface area contributed by atoms with Crippen molar-refractivity contribution in [3.8, 4) is 0 Å². The van der Waals surface area contributed by atoms with Crippen molar-refractivity contribution in [2.75, 3.05) is 6.54 Å². The number of urea groups is 1. The van der Waals surface area contributed by atoms with E-state index in [1.165, 1.54) is 12.8 Å². The van der Waals surface area contributed by atoms with Gasteiger partial charge in [-0.1, -0.05) is 12.1 Å². The average molecular weight is 290 g/mol. The molecule has 1 saturated carbocycles. The minimum Gasteiger partial charge on any atom is -0.478 e. The first-order valence-electron chi connectivity index (χ1n) is 7.34. The molecule has 0 bridgehead atoms. The predicted octanol–water partition coefficient (Wildman–Crippen LogP) is 2.71. The van der Waals surface area contributed by atoms with Crippen LogP contribution in [0.2, 0.25) is 0 Å². The second kappa shape index (κ2) is 6.61. The van der Waals surface area contributed by atoms with E-state index in [9.17, 15) is 9.59 Å². The van der Waals surface area contributed by atoms with Gasteiger partial charge in [-0.2, -0.15) is 0 Å². The van der Waals surface area contributed by atoms with E-state index in [0.29, 0.717) is 12.5 Å². The minimum atomic E-state index is -0.958. The smallest absolute Gasteiger partial charge is 0.335 e. The van der Waals surface area contributed by atoms with Crippen LogP contribution < -0.4 is 5.32 Å². The van der Waals surface area contributed by atoms with E-state index < -0.39 is 5.97 Å². The Bertz CT molecular complexity index is 524. The van der Waals surface area contributed by atoms with Gasteiger partial charge in [0.2, 0.25) is 0 Å². The van der Waals surface area contributed by atoms with E-state index in [4.69, 9.17) is 5.11 Å². The van der Waals surface area contributed by atoms with Crippen LogP contribution in [0.4, 0.5) is 4.79 Å². The largest absolute Gasteiger partial charge is 0.478 e. The van der Waals surface area contributed by atoms with E-state index in [-0.39, 0.29) is 17.6 Å². The van der Waals surface area contributed by atoms with Gasteiger partial charge < -0.3 is 15.3 Å². The molecular formula is C16H22N2O3. The first-order valence-corrected chi connectivity index (χ1v) is 7.34. The summed E-state index contributed by atoms with van der Waals surface area (Å²) in [6.45, 7) is 5.16. The Morgan fingerprint density at radius 3 is 2.67 bits per heavy atom. The number of hydrogen-bond donors (Lipinski definition) is 2. The fourth-order valence-electron chi connectivity index (χ4n) is 2.20. The molecule has 0 unspecified atom stereocenters. The maximum absolute atomic E-state index is 12.2. The predicted molar refractivity (Wildman–Crippen MR) is 80.2 cm³/mol. The van der Waals surface area contributed by atoms with E-state index in [1.54, 1.807) is 18.2 Å². The van der Waals surface area contributed by atoms with Crippen molar-refractivity contribution < 1.29 is 14.7 Å². The summed E-state index contributed by atoms with van der Waals surface area (Å²) >= 11 is 0. The van der Waals surface area contributed by atoms with Crippen LogP contribution in [-0.4, -0.2) is 34.6 Å². The third kappa shape index (κ3) is 4.48. The molecule has 114 valence electrons. The summed E-state index contributed by atoms with van der Waals surface area (Å²) in [6, 6.07) is 6.71. The third-order valence-electron chi connectivity index (χ3n) is 3.65. The number of nitrogens with zero attached hydrogens (tertiary/aromatic N) is 1. The number of hydrogen-bond acceptors (Lipinski definition) is 2. The highest BCUT2D eigenvalue weighted by Crippen LogP contribution is 2.30. The maximum Gasteiger partial charge on any atom is 0.335 e. The third-order valence-corrected chi connectivity index (χ3v) is 3.65. The molecule has 1 aliphatic carbocycles. The van der Waals surface area contributed by atoms with E-state index >= 15 is 0 Å². The molecule has 1 fully saturated rings. The van der Waals surface area contributed by atoms with Crippen LogP contribution in [0.25, 0.3) is 0 Å². The Morgan fingerprint density at radius 2 is 2.10 bits per heavy atom. The van der Waals surface area contributed by atoms with Gasteiger partial charge in [-0.15, -0.1) is 0 Å². The molecule has 1 aromatic rings. The van der Waals surface area contributed by atoms with Crippen molar-refractivity contribution in [3.63, 3.8) is 0 Å². The summed E-state index contributed by atoms with van der Waals surface area (Å²) in [5.41, 5.74) is 1.03. The number of carbonyl (C=O) groups excluding carboxylic acids is 1. The molecule has 0 spiro atoms. The number of carbonyl (C=O) groups is 2. The van der Waals surface area contributed by atoms with Gasteiger partial charge in [0.15, 0.2) is 0 Å². The highest BCUT2D eigenvalue weighted by atomic mass is 16.4. The Labute approximate surface area is 125 Å². The van der Waals surface area contributed by atoms with Crippen molar-refractivity contribution in [3.05, 3.63) is 35.4 Å². The van der Waals surface area contributed by atoms with Gasteiger partial charge >= 0.3 is 12.0 Å². The van der Waals surface area contributed by atoms with Gasteiger partial charge in [0, 0.05) is 19.1 Å². The number of aromatic carboxylic acids is 1. The minimum absolute atomic E-state index is 0.0855. The number of carboxylic acids is 1. The molecule has 0 aromatic heterocycles. The molecule has 0 atom stereocenters. The molecule has 5 nitrogen and oxygen atoms in total. The first-order chi connectivity index (χ1) is 9.97. The summed E-state index contributed by atoms with van der Waals surface area (Å²) in [5, 5.41) is 11.8. The normalized spacial score (nSPS) is 14.0. The number of rotatable bonds is 6. The fraction of sp³-hybridized carbons (Fsp3) is 0.500. The zero-order valence-electron chi connectivity index (χ0n) is 12.5. The van der Waals surface area contributed by atoms with E-state index in [0.717, 1.165) is 12.1 Å². The van der Waals surface area contributed by atoms with E-state index in [2.05, 4.69) is 5.32 Å². The Morgan fingerprint density at radius 1 is 1.38 bits per heavy atom. The lowest BCUT2D eigenvalue weighted by Crippen LogP contribution is -2.44. The second-order valence-corrected chi connectivity index (χ2v) is 5.85. The number of benzene rings is 1. The van der Waals surface area contributed by atoms with Crippen LogP contribution in [0.5, 0.6) is 0 Å². The second-order valence-electron chi connectivity index (χ2n) is 5.85. The quantitative estimate of drug-likeness (QED) is 0.846. The standard InChI is InChI=1S/C16H22N2O3/c1-11(2)18(10-12-6-7-12)16(21)17-9-13-4-3-5-14(8-13)15(19)20/h3-5,8,11-12H,6-7,9-10H2,1-2H3,(H,17,21)(H,19,20). The zero-order chi connectivity index (χ0) is 15.4. The lowest BCUT2D eigenvalue weighted by molar-refractivity contribution is 0.0696. The zero-order valence-corrected chi connectivity index (χ0v) is 12.5. The molecule has 1 aliphatic rings. The molecule has 0 saturated heterocycles. The van der Waals surface area contributed by atoms with Gasteiger partial charge in [-0.3, -0.25) is 0 Å². The molecule has 21 heavy (non-hydrogen) atoms. The Kier molecular flexibility index (Phi) is 4.83. The molecule has 5 heteroatoms. The van der Waals surface area contributed by atoms with Crippen molar-refractivity contribution in [1.82, 2.24) is 10.2 Å². The summed E-state index contributed by atoms with van der Waals surface area (Å²) in [4.78, 5) is 25.0. The van der Waals surface area contributed by atoms with Crippen molar-refractivity contribution in [2.24, 2.45) is 5.92 Å². The summed E-state index contributed by atoms with van der Waals surface area (Å²) in [5.74, 6) is -0.311. The Balaban J connectivity index is 1.92. The van der Waals surface area contributed by atoms with Crippen LogP contribution in [0.1, 0.15) is 42.6 Å². The topological polar surface area (TPSA) is 69.6 Å². The van der Waals surface area contributed by atoms with Crippen LogP contribution >= 0.6 is 0 Å². The highest BCUT2D eigenvalue weighted by molar-refractivity contribution is 5.87. The molecule has 0 radical (unpaired) electrons. The fourth-order valence-corrected chi connectivity index (χ4v) is 2.20. The van der Waals surface area contributed by atoms with Crippen molar-refractivity contribution in [1.29, 1.82) is 0 Å². The molecule has 2 N–H and O–H groups in total. The van der Waals surface area contributed by atoms with Gasteiger partial charge in [0.25, 0.3) is 0 Å². The van der Waals surface area contributed by atoms with Crippen LogP contribution in [-0.2, 0) is 6.54 Å². The van der Waals surface area contributed by atoms with Gasteiger partial charge in [0.05, 0.1) is 5.56 Å². The van der Waals surface area contributed by atoms with E-state index in [1.807, 2.05) is 24.8 Å². The average Bonchev–Trinajstić information content (AvgIpc) is 3.26. The first kappa shape index (κ1) is 15.4.